The topological polar surface area (TPSA) is 136 Å². The van der Waals surface area contributed by atoms with Crippen LogP contribution in [0.25, 0.3) is 0 Å². The Labute approximate surface area is 167 Å². The number of carboxylic acids is 1. The summed E-state index contributed by atoms with van der Waals surface area (Å²) in [4.78, 5) is 22.5. The third kappa shape index (κ3) is 5.78. The van der Waals surface area contributed by atoms with E-state index in [2.05, 4.69) is 5.32 Å². The van der Waals surface area contributed by atoms with Crippen molar-refractivity contribution in [2.75, 3.05) is 12.3 Å². The molecule has 154 valence electrons. The Morgan fingerprint density at radius 3 is 2.48 bits per heavy atom. The Kier molecular flexibility index (Phi) is 7.30. The zero-order valence-corrected chi connectivity index (χ0v) is 16.0. The summed E-state index contributed by atoms with van der Waals surface area (Å²) in [7, 11) is 0. The molecule has 0 fully saturated rings. The molecular formula is C21H24FN3O4. The van der Waals surface area contributed by atoms with Crippen molar-refractivity contribution < 1.29 is 24.2 Å². The molecule has 0 aliphatic rings. The van der Waals surface area contributed by atoms with Gasteiger partial charge in [0.25, 0.3) is 5.91 Å². The fourth-order valence-corrected chi connectivity index (χ4v) is 3.00. The first-order valence-electron chi connectivity index (χ1n) is 9.18. The number of amides is 1. The third-order valence-corrected chi connectivity index (χ3v) is 4.65. The molecule has 0 aromatic heterocycles. The van der Waals surface area contributed by atoms with Gasteiger partial charge < -0.3 is 26.7 Å². The fourth-order valence-electron chi connectivity index (χ4n) is 3.00. The molecule has 0 radical (unpaired) electrons. The van der Waals surface area contributed by atoms with Gasteiger partial charge in [-0.3, -0.25) is 9.59 Å². The molecule has 0 saturated carbocycles. The minimum atomic E-state index is -0.985. The number of halogens is 1. The summed E-state index contributed by atoms with van der Waals surface area (Å²) in [6, 6.07) is 9.02. The Balaban J connectivity index is 2.09. The number of carboxylic acid groups (broad SMARTS) is 1. The van der Waals surface area contributed by atoms with Crippen molar-refractivity contribution in [2.45, 2.75) is 32.1 Å². The number of aliphatic carboxylic acids is 1. The van der Waals surface area contributed by atoms with Gasteiger partial charge in [0.1, 0.15) is 11.6 Å². The van der Waals surface area contributed by atoms with Crippen molar-refractivity contribution in [2.24, 2.45) is 0 Å². The van der Waals surface area contributed by atoms with E-state index in [0.717, 1.165) is 11.6 Å². The molecule has 0 aliphatic heterocycles. The molecule has 1 atom stereocenters. The Morgan fingerprint density at radius 2 is 1.90 bits per heavy atom. The molecule has 1 unspecified atom stereocenters. The Hall–Kier alpha value is -3.42. The second-order valence-electron chi connectivity index (χ2n) is 6.70. The average molecular weight is 401 g/mol. The first kappa shape index (κ1) is 21.9. The van der Waals surface area contributed by atoms with Crippen molar-refractivity contribution in [3.8, 4) is 5.75 Å². The molecule has 2 rings (SSSR count). The number of rotatable bonds is 9. The number of anilines is 1. The Morgan fingerprint density at radius 1 is 1.24 bits per heavy atom. The van der Waals surface area contributed by atoms with Gasteiger partial charge in [0.05, 0.1) is 12.1 Å². The van der Waals surface area contributed by atoms with Gasteiger partial charge in [0.15, 0.2) is 0 Å². The number of benzene rings is 2. The number of hydrogen-bond acceptors (Lipinski definition) is 5. The summed E-state index contributed by atoms with van der Waals surface area (Å²) in [6.07, 6.45) is 0.837. The Bertz CT molecular complexity index is 913. The van der Waals surface area contributed by atoms with Crippen molar-refractivity contribution in [3.05, 3.63) is 58.9 Å². The lowest BCUT2D eigenvalue weighted by Gasteiger charge is -2.18. The summed E-state index contributed by atoms with van der Waals surface area (Å²) in [6.45, 7) is 2.00. The minimum absolute atomic E-state index is 0.0482. The maximum Gasteiger partial charge on any atom is 0.305 e. The van der Waals surface area contributed by atoms with E-state index in [-0.39, 0.29) is 53.9 Å². The summed E-state index contributed by atoms with van der Waals surface area (Å²) in [5.74, 6) is -2.46. The van der Waals surface area contributed by atoms with Crippen LogP contribution in [0.15, 0.2) is 36.4 Å². The molecule has 8 heteroatoms. The van der Waals surface area contributed by atoms with Crippen LogP contribution in [0.2, 0.25) is 0 Å². The lowest BCUT2D eigenvalue weighted by Crippen LogP contribution is -2.25. The van der Waals surface area contributed by atoms with Crippen LogP contribution >= 0.6 is 0 Å². The fraction of sp³-hybridized carbons (Fsp3) is 0.286. The molecule has 0 spiro atoms. The number of nitrogen functional groups attached to an aromatic ring is 1. The molecule has 2 aromatic rings. The molecule has 6 N–H and O–H groups in total. The largest absolute Gasteiger partial charge is 0.508 e. The number of phenols is 1. The first-order chi connectivity index (χ1) is 13.7. The van der Waals surface area contributed by atoms with Crippen LogP contribution in [0.5, 0.6) is 5.75 Å². The highest BCUT2D eigenvalue weighted by Gasteiger charge is 2.18. The number of carbonyl (C=O) groups excluding carboxylic acids is 1. The monoisotopic (exact) mass is 401 g/mol. The van der Waals surface area contributed by atoms with E-state index in [1.165, 1.54) is 6.07 Å². The quantitative estimate of drug-likeness (QED) is 0.249. The summed E-state index contributed by atoms with van der Waals surface area (Å²) in [5, 5.41) is 29.0. The molecule has 0 heterocycles. The molecule has 29 heavy (non-hydrogen) atoms. The van der Waals surface area contributed by atoms with Crippen LogP contribution in [0, 0.1) is 11.2 Å². The molecular weight excluding hydrogens is 377 g/mol. The number of hydrogen-bond donors (Lipinski definition) is 5. The van der Waals surface area contributed by atoms with Gasteiger partial charge in [-0.1, -0.05) is 19.1 Å². The third-order valence-electron chi connectivity index (χ3n) is 4.65. The van der Waals surface area contributed by atoms with E-state index < -0.39 is 11.8 Å². The zero-order chi connectivity index (χ0) is 21.6. The first-order valence-corrected chi connectivity index (χ1v) is 9.18. The minimum Gasteiger partial charge on any atom is -0.508 e. The number of aromatic hydroxyl groups is 1. The van der Waals surface area contributed by atoms with E-state index >= 15 is 0 Å². The van der Waals surface area contributed by atoms with E-state index in [4.69, 9.17) is 16.2 Å². The number of carbonyl (C=O) groups is 2. The van der Waals surface area contributed by atoms with Gasteiger partial charge in [-0.25, -0.2) is 4.39 Å². The predicted octanol–water partition coefficient (Wildman–Crippen LogP) is 3.27. The second kappa shape index (κ2) is 9.68. The van der Waals surface area contributed by atoms with Crippen LogP contribution < -0.4 is 11.1 Å². The SMILES string of the molecule is CCC(CC(=N)c1cc(O)cc(F)c1N)c1ccc(C(=O)NCCC(=O)O)cc1. The molecule has 0 aliphatic carbocycles. The van der Waals surface area contributed by atoms with Crippen LogP contribution in [0.3, 0.4) is 0 Å². The summed E-state index contributed by atoms with van der Waals surface area (Å²) >= 11 is 0. The molecule has 7 nitrogen and oxygen atoms in total. The summed E-state index contributed by atoms with van der Waals surface area (Å²) < 4.78 is 13.7. The van der Waals surface area contributed by atoms with Gasteiger partial charge in [0, 0.05) is 29.4 Å². The standard InChI is InChI=1S/C21H24FN3O4/c1-2-12(9-18(23)16-10-15(26)11-17(22)20(16)24)13-3-5-14(6-4-13)21(29)25-8-7-19(27)28/h3-6,10-12,23,26H,2,7-9,24H2,1H3,(H,25,29)(H,27,28). The highest BCUT2D eigenvalue weighted by molar-refractivity contribution is 6.03. The average Bonchev–Trinajstić information content (AvgIpc) is 2.68. The van der Waals surface area contributed by atoms with Gasteiger partial charge in [-0.05, 0) is 42.5 Å². The lowest BCUT2D eigenvalue weighted by molar-refractivity contribution is -0.136. The zero-order valence-electron chi connectivity index (χ0n) is 16.0. The van der Waals surface area contributed by atoms with Crippen molar-refractivity contribution >= 4 is 23.3 Å². The molecule has 2 aromatic carbocycles. The van der Waals surface area contributed by atoms with Gasteiger partial charge in [-0.15, -0.1) is 0 Å². The normalized spacial score (nSPS) is 11.7. The molecule has 1 amide bonds. The number of nitrogens with one attached hydrogen (secondary N) is 2. The van der Waals surface area contributed by atoms with Crippen LogP contribution in [0.1, 0.15) is 53.6 Å². The highest BCUT2D eigenvalue weighted by atomic mass is 19.1. The van der Waals surface area contributed by atoms with Crippen LogP contribution in [0.4, 0.5) is 10.1 Å². The maximum absolute atomic E-state index is 13.7. The van der Waals surface area contributed by atoms with E-state index in [9.17, 15) is 19.1 Å². The number of nitrogens with two attached hydrogens (primary N) is 1. The van der Waals surface area contributed by atoms with Crippen molar-refractivity contribution in [3.63, 3.8) is 0 Å². The van der Waals surface area contributed by atoms with E-state index in [1.807, 2.05) is 6.92 Å². The lowest BCUT2D eigenvalue weighted by atomic mass is 9.88. The van der Waals surface area contributed by atoms with Crippen LogP contribution in [-0.2, 0) is 4.79 Å². The number of phenolic OH excluding ortho intramolecular Hbond substituents is 1. The highest BCUT2D eigenvalue weighted by Crippen LogP contribution is 2.29. The van der Waals surface area contributed by atoms with Gasteiger partial charge in [-0.2, -0.15) is 0 Å². The van der Waals surface area contributed by atoms with Crippen LogP contribution in [-0.4, -0.2) is 34.3 Å². The van der Waals surface area contributed by atoms with Crippen molar-refractivity contribution in [1.29, 1.82) is 5.41 Å². The summed E-state index contributed by atoms with van der Waals surface area (Å²) in [5.41, 5.74) is 7.12. The molecule has 0 saturated heterocycles. The maximum atomic E-state index is 13.7. The van der Waals surface area contributed by atoms with E-state index in [1.54, 1.807) is 24.3 Å². The predicted molar refractivity (Wildman–Crippen MR) is 108 cm³/mol. The molecule has 0 bridgehead atoms. The van der Waals surface area contributed by atoms with Gasteiger partial charge in [0.2, 0.25) is 0 Å². The smallest absolute Gasteiger partial charge is 0.305 e. The second-order valence-corrected chi connectivity index (χ2v) is 6.70. The van der Waals surface area contributed by atoms with E-state index in [0.29, 0.717) is 12.0 Å². The van der Waals surface area contributed by atoms with Crippen molar-refractivity contribution in [1.82, 2.24) is 5.32 Å². The van der Waals surface area contributed by atoms with Gasteiger partial charge >= 0.3 is 5.97 Å².